The van der Waals surface area contributed by atoms with Gasteiger partial charge in [0, 0.05) is 23.9 Å². The van der Waals surface area contributed by atoms with E-state index in [-0.39, 0.29) is 5.75 Å². The van der Waals surface area contributed by atoms with Crippen LogP contribution in [0.15, 0.2) is 0 Å². The smallest absolute Gasteiger partial charge is 0.232 e. The summed E-state index contributed by atoms with van der Waals surface area (Å²) in [6.45, 7) is 6.41. The SMILES string of the molecule is CCCCOCCOCCOCCOCCCS(=O)(=O)Cl. The van der Waals surface area contributed by atoms with Crippen LogP contribution in [-0.4, -0.2) is 67.0 Å². The highest BCUT2D eigenvalue weighted by atomic mass is 35.7. The third-order valence-corrected chi connectivity index (χ3v) is 3.67. The topological polar surface area (TPSA) is 71.1 Å². The summed E-state index contributed by atoms with van der Waals surface area (Å²) >= 11 is 0. The van der Waals surface area contributed by atoms with Crippen LogP contribution in [0.2, 0.25) is 0 Å². The Bertz CT molecular complexity index is 310. The van der Waals surface area contributed by atoms with Crippen LogP contribution >= 0.6 is 10.7 Å². The minimum absolute atomic E-state index is 0.0659. The van der Waals surface area contributed by atoms with Gasteiger partial charge in [0.05, 0.1) is 45.4 Å². The summed E-state index contributed by atoms with van der Waals surface area (Å²) in [5.41, 5.74) is 0. The second kappa shape index (κ2) is 15.0. The Kier molecular flexibility index (Phi) is 15.1. The standard InChI is InChI=1S/C13H27ClO6S/c1-2-3-5-17-7-9-19-11-12-20-10-8-18-6-4-13-21(14,15)16/h2-13H2,1H3. The Hall–Kier alpha value is 0.0800. The molecular formula is C13H27ClO6S. The van der Waals surface area contributed by atoms with Crippen molar-refractivity contribution >= 4 is 19.7 Å². The lowest BCUT2D eigenvalue weighted by atomic mass is 10.4. The predicted molar refractivity (Wildman–Crippen MR) is 82.4 cm³/mol. The molecule has 0 saturated heterocycles. The molecule has 21 heavy (non-hydrogen) atoms. The quantitative estimate of drug-likeness (QED) is 0.313. The molecule has 0 heterocycles. The molecular weight excluding hydrogens is 320 g/mol. The molecule has 0 N–H and O–H groups in total. The lowest BCUT2D eigenvalue weighted by molar-refractivity contribution is -0.00190. The minimum Gasteiger partial charge on any atom is -0.379 e. The van der Waals surface area contributed by atoms with Crippen LogP contribution in [0.1, 0.15) is 26.2 Å². The second-order valence-electron chi connectivity index (χ2n) is 4.40. The summed E-state index contributed by atoms with van der Waals surface area (Å²) in [6, 6.07) is 0. The van der Waals surface area contributed by atoms with Crippen molar-refractivity contribution in [2.24, 2.45) is 0 Å². The van der Waals surface area contributed by atoms with E-state index in [0.717, 1.165) is 19.4 Å². The average Bonchev–Trinajstić information content (AvgIpc) is 2.42. The van der Waals surface area contributed by atoms with E-state index in [9.17, 15) is 8.42 Å². The first-order valence-corrected chi connectivity index (χ1v) is 9.77. The van der Waals surface area contributed by atoms with Crippen molar-refractivity contribution in [3.8, 4) is 0 Å². The summed E-state index contributed by atoms with van der Waals surface area (Å²) in [6.07, 6.45) is 2.62. The number of hydrogen-bond donors (Lipinski definition) is 0. The monoisotopic (exact) mass is 346 g/mol. The lowest BCUT2D eigenvalue weighted by Crippen LogP contribution is -2.12. The van der Waals surface area contributed by atoms with Gasteiger partial charge in [-0.1, -0.05) is 13.3 Å². The van der Waals surface area contributed by atoms with Gasteiger partial charge in [0.15, 0.2) is 0 Å². The van der Waals surface area contributed by atoms with Crippen LogP contribution in [0, 0.1) is 0 Å². The van der Waals surface area contributed by atoms with Gasteiger partial charge in [-0.25, -0.2) is 8.42 Å². The normalized spacial score (nSPS) is 11.9. The highest BCUT2D eigenvalue weighted by Gasteiger charge is 2.03. The fourth-order valence-electron chi connectivity index (χ4n) is 1.34. The first-order valence-electron chi connectivity index (χ1n) is 7.29. The number of ether oxygens (including phenoxy) is 4. The molecule has 0 aromatic rings. The predicted octanol–water partition coefficient (Wildman–Crippen LogP) is 1.81. The van der Waals surface area contributed by atoms with Crippen LogP contribution in [-0.2, 0) is 28.0 Å². The minimum atomic E-state index is -3.41. The highest BCUT2D eigenvalue weighted by molar-refractivity contribution is 8.13. The van der Waals surface area contributed by atoms with Crippen molar-refractivity contribution in [2.75, 3.05) is 58.6 Å². The molecule has 0 aliphatic rings. The van der Waals surface area contributed by atoms with Crippen LogP contribution in [0.5, 0.6) is 0 Å². The number of unbranched alkanes of at least 4 members (excludes halogenated alkanes) is 1. The fourth-order valence-corrected chi connectivity index (χ4v) is 2.13. The molecule has 0 atom stereocenters. The summed E-state index contributed by atoms with van der Waals surface area (Å²) < 4.78 is 42.4. The molecule has 0 aliphatic heterocycles. The third-order valence-electron chi connectivity index (χ3n) is 2.44. The molecule has 0 saturated carbocycles. The van der Waals surface area contributed by atoms with Gasteiger partial charge in [0.1, 0.15) is 0 Å². The molecule has 0 fully saturated rings. The molecule has 0 spiro atoms. The Morgan fingerprint density at radius 1 is 0.714 bits per heavy atom. The van der Waals surface area contributed by atoms with Crippen molar-refractivity contribution in [3.63, 3.8) is 0 Å². The molecule has 128 valence electrons. The Morgan fingerprint density at radius 3 is 1.48 bits per heavy atom. The number of hydrogen-bond acceptors (Lipinski definition) is 6. The first-order chi connectivity index (χ1) is 10.1. The Balaban J connectivity index is 3.03. The molecule has 0 rings (SSSR count). The lowest BCUT2D eigenvalue weighted by Gasteiger charge is -2.07. The molecule has 0 radical (unpaired) electrons. The van der Waals surface area contributed by atoms with Crippen LogP contribution in [0.4, 0.5) is 0 Å². The maximum absolute atomic E-state index is 10.6. The van der Waals surface area contributed by atoms with Gasteiger partial charge in [-0.05, 0) is 12.8 Å². The van der Waals surface area contributed by atoms with Crippen LogP contribution in [0.25, 0.3) is 0 Å². The van der Waals surface area contributed by atoms with E-state index < -0.39 is 9.05 Å². The van der Waals surface area contributed by atoms with Crippen molar-refractivity contribution in [3.05, 3.63) is 0 Å². The molecule has 8 heteroatoms. The van der Waals surface area contributed by atoms with Crippen molar-refractivity contribution in [2.45, 2.75) is 26.2 Å². The second-order valence-corrected chi connectivity index (χ2v) is 7.30. The zero-order valence-electron chi connectivity index (χ0n) is 12.7. The summed E-state index contributed by atoms with van der Waals surface area (Å²) in [5, 5.41) is 0. The largest absolute Gasteiger partial charge is 0.379 e. The van der Waals surface area contributed by atoms with Gasteiger partial charge in [-0.3, -0.25) is 0 Å². The zero-order valence-corrected chi connectivity index (χ0v) is 14.3. The summed E-state index contributed by atoms with van der Waals surface area (Å²) in [5.74, 6) is -0.0659. The molecule has 0 unspecified atom stereocenters. The third kappa shape index (κ3) is 20.1. The van der Waals surface area contributed by atoms with Gasteiger partial charge < -0.3 is 18.9 Å². The van der Waals surface area contributed by atoms with Crippen molar-refractivity contribution in [1.29, 1.82) is 0 Å². The Morgan fingerprint density at radius 2 is 1.10 bits per heavy atom. The maximum Gasteiger partial charge on any atom is 0.232 e. The highest BCUT2D eigenvalue weighted by Crippen LogP contribution is 1.98. The molecule has 6 nitrogen and oxygen atoms in total. The van der Waals surface area contributed by atoms with Gasteiger partial charge >= 0.3 is 0 Å². The van der Waals surface area contributed by atoms with Crippen molar-refractivity contribution < 1.29 is 27.4 Å². The maximum atomic E-state index is 10.6. The van der Waals surface area contributed by atoms with Gasteiger partial charge in [0.25, 0.3) is 0 Å². The van der Waals surface area contributed by atoms with E-state index in [0.29, 0.717) is 52.7 Å². The van der Waals surface area contributed by atoms with Gasteiger partial charge in [-0.15, -0.1) is 0 Å². The molecule has 0 amide bonds. The van der Waals surface area contributed by atoms with Gasteiger partial charge in [-0.2, -0.15) is 0 Å². The summed E-state index contributed by atoms with van der Waals surface area (Å²) in [4.78, 5) is 0. The number of rotatable bonds is 16. The Labute approximate surface area is 132 Å². The number of halogens is 1. The summed E-state index contributed by atoms with van der Waals surface area (Å²) in [7, 11) is 1.65. The van der Waals surface area contributed by atoms with Crippen LogP contribution in [0.3, 0.4) is 0 Å². The van der Waals surface area contributed by atoms with Crippen molar-refractivity contribution in [1.82, 2.24) is 0 Å². The van der Waals surface area contributed by atoms with Gasteiger partial charge in [0.2, 0.25) is 9.05 Å². The fraction of sp³-hybridized carbons (Fsp3) is 1.00. The van der Waals surface area contributed by atoms with Crippen LogP contribution < -0.4 is 0 Å². The molecule has 0 aliphatic carbocycles. The van der Waals surface area contributed by atoms with E-state index in [1.165, 1.54) is 0 Å². The molecule has 0 bridgehead atoms. The zero-order chi connectivity index (χ0) is 15.8. The van der Waals surface area contributed by atoms with E-state index in [1.54, 1.807) is 0 Å². The van der Waals surface area contributed by atoms with E-state index >= 15 is 0 Å². The average molecular weight is 347 g/mol. The van der Waals surface area contributed by atoms with E-state index in [1.807, 2.05) is 0 Å². The molecule has 0 aromatic heterocycles. The first kappa shape index (κ1) is 21.1. The molecule has 0 aromatic carbocycles. The van der Waals surface area contributed by atoms with E-state index in [4.69, 9.17) is 29.6 Å². The van der Waals surface area contributed by atoms with E-state index in [2.05, 4.69) is 6.92 Å².